The molecule has 0 saturated heterocycles. The van der Waals surface area contributed by atoms with Crippen LogP contribution in [0.2, 0.25) is 0 Å². The van der Waals surface area contributed by atoms with Crippen molar-refractivity contribution in [1.82, 2.24) is 4.90 Å². The van der Waals surface area contributed by atoms with Gasteiger partial charge >= 0.3 is 137 Å². The molecule has 0 fully saturated rings. The first-order valence-electron chi connectivity index (χ1n) is 8.77. The summed E-state index contributed by atoms with van der Waals surface area (Å²) >= 11 is 4.46. The van der Waals surface area contributed by atoms with Gasteiger partial charge in [-0.25, -0.2) is 0 Å². The van der Waals surface area contributed by atoms with Gasteiger partial charge in [-0.1, -0.05) is 0 Å². The Labute approximate surface area is 136 Å². The van der Waals surface area contributed by atoms with Crippen LogP contribution in [0, 0.1) is 0 Å². The van der Waals surface area contributed by atoms with Gasteiger partial charge in [-0.3, -0.25) is 0 Å². The van der Waals surface area contributed by atoms with E-state index in [1.54, 1.807) is 0 Å². The van der Waals surface area contributed by atoms with Gasteiger partial charge in [-0.15, -0.1) is 0 Å². The predicted molar refractivity (Wildman–Crippen MR) is 103 cm³/mol. The molecule has 0 bridgehead atoms. The van der Waals surface area contributed by atoms with Gasteiger partial charge < -0.3 is 0 Å². The van der Waals surface area contributed by atoms with Crippen LogP contribution >= 0.6 is 20.8 Å². The number of nitrogens with zero attached hydrogens (tertiary/aromatic N) is 1. The molecule has 124 valence electrons. The Kier molecular flexibility index (Phi) is 11.0. The summed E-state index contributed by atoms with van der Waals surface area (Å²) in [6.07, 6.45) is 15.5. The third kappa shape index (κ3) is 8.35. The van der Waals surface area contributed by atoms with Gasteiger partial charge in [0, 0.05) is 0 Å². The van der Waals surface area contributed by atoms with Crippen LogP contribution in [0.5, 0.6) is 0 Å². The van der Waals surface area contributed by atoms with Crippen LogP contribution < -0.4 is 0 Å². The second-order valence-electron chi connectivity index (χ2n) is 6.93. The van der Waals surface area contributed by atoms with Crippen molar-refractivity contribution < 1.29 is 0 Å². The standard InChI is InChI=1S/C17H39BrNP/c1-6-9-14-20(18,15-10-7-2,16-11-8-3)17-12-13-19(4)5/h6-17H2,1-5H3. The van der Waals surface area contributed by atoms with Crippen LogP contribution in [0.3, 0.4) is 0 Å². The Balaban J connectivity index is 4.86. The normalized spacial score (nSPS) is 14.4. The second-order valence-corrected chi connectivity index (χ2v) is 18.4. The molecule has 0 amide bonds. The first-order valence-corrected chi connectivity index (χ1v) is 13.8. The van der Waals surface area contributed by atoms with Crippen molar-refractivity contribution in [2.45, 2.75) is 65.7 Å². The Bertz CT molecular complexity index is 219. The molecule has 0 aromatic rings. The van der Waals surface area contributed by atoms with E-state index >= 15 is 0 Å². The summed E-state index contributed by atoms with van der Waals surface area (Å²) in [6.45, 7) is 8.27. The van der Waals surface area contributed by atoms with E-state index < -0.39 is 5.31 Å². The molecule has 0 unspecified atom stereocenters. The maximum atomic E-state index is 4.46. The van der Waals surface area contributed by atoms with Crippen LogP contribution in [-0.2, 0) is 0 Å². The summed E-state index contributed by atoms with van der Waals surface area (Å²) in [4.78, 5) is 2.34. The van der Waals surface area contributed by atoms with Crippen molar-refractivity contribution in [3.05, 3.63) is 0 Å². The Hall–Kier alpha value is 0.870. The molecule has 0 aliphatic rings. The molecule has 0 rings (SSSR count). The molecule has 0 aliphatic heterocycles. The molecule has 20 heavy (non-hydrogen) atoms. The number of rotatable bonds is 13. The van der Waals surface area contributed by atoms with E-state index in [4.69, 9.17) is 0 Å². The number of unbranched alkanes of at least 4 members (excludes halogenated alkanes) is 3. The third-order valence-electron chi connectivity index (χ3n) is 4.53. The molecule has 0 saturated carbocycles. The van der Waals surface area contributed by atoms with Gasteiger partial charge in [0.25, 0.3) is 0 Å². The van der Waals surface area contributed by atoms with E-state index in [1.165, 1.54) is 76.1 Å². The monoisotopic (exact) mass is 367 g/mol. The molecule has 0 radical (unpaired) electrons. The molecular formula is C17H39BrNP. The maximum absolute atomic E-state index is 4.46. The van der Waals surface area contributed by atoms with Crippen molar-refractivity contribution in [3.63, 3.8) is 0 Å². The molecule has 0 aromatic heterocycles. The molecule has 0 aliphatic carbocycles. The fraction of sp³-hybridized carbons (Fsp3) is 1.00. The van der Waals surface area contributed by atoms with Crippen LogP contribution in [0.15, 0.2) is 0 Å². The van der Waals surface area contributed by atoms with Crippen LogP contribution in [0.25, 0.3) is 0 Å². The number of halogens is 1. The molecule has 1 nitrogen and oxygen atoms in total. The molecule has 0 N–H and O–H groups in total. The van der Waals surface area contributed by atoms with Crippen molar-refractivity contribution in [1.29, 1.82) is 0 Å². The Morgan fingerprint density at radius 1 is 0.700 bits per heavy atom. The van der Waals surface area contributed by atoms with Gasteiger partial charge in [0.05, 0.1) is 0 Å². The van der Waals surface area contributed by atoms with Crippen molar-refractivity contribution in [2.75, 3.05) is 45.3 Å². The Morgan fingerprint density at radius 3 is 1.35 bits per heavy atom. The zero-order chi connectivity index (χ0) is 15.5. The zero-order valence-corrected chi connectivity index (χ0v) is 17.2. The summed E-state index contributed by atoms with van der Waals surface area (Å²) in [5, 5.41) is -1.62. The van der Waals surface area contributed by atoms with Crippen LogP contribution in [0.1, 0.15) is 65.7 Å². The van der Waals surface area contributed by atoms with Crippen molar-refractivity contribution in [3.8, 4) is 0 Å². The number of hydrogen-bond acceptors (Lipinski definition) is 1. The zero-order valence-electron chi connectivity index (χ0n) is 14.8. The fourth-order valence-electron chi connectivity index (χ4n) is 3.11. The minimum atomic E-state index is -1.62. The SMILES string of the molecule is CCCCP(Br)(CCCC)(CCCC)CCCN(C)C. The molecule has 3 heteroatoms. The fourth-order valence-corrected chi connectivity index (χ4v) is 11.7. The summed E-state index contributed by atoms with van der Waals surface area (Å²) in [6, 6.07) is 0. The second kappa shape index (κ2) is 10.6. The van der Waals surface area contributed by atoms with E-state index in [-0.39, 0.29) is 0 Å². The summed E-state index contributed by atoms with van der Waals surface area (Å²) in [7, 11) is 4.40. The van der Waals surface area contributed by atoms with Crippen LogP contribution in [0.4, 0.5) is 0 Å². The quantitative estimate of drug-likeness (QED) is 0.350. The van der Waals surface area contributed by atoms with Gasteiger partial charge in [0.2, 0.25) is 0 Å². The first kappa shape index (κ1) is 20.9. The third-order valence-corrected chi connectivity index (χ3v) is 14.5. The van der Waals surface area contributed by atoms with E-state index in [1.807, 2.05) is 0 Å². The summed E-state index contributed by atoms with van der Waals surface area (Å²) in [5.74, 6) is 0. The predicted octanol–water partition coefficient (Wildman–Crippen LogP) is 6.20. The average Bonchev–Trinajstić information content (AvgIpc) is 2.41. The molecule has 0 atom stereocenters. The number of hydrogen-bond donors (Lipinski definition) is 0. The van der Waals surface area contributed by atoms with Gasteiger partial charge in [-0.05, 0) is 0 Å². The first-order chi connectivity index (χ1) is 9.40. The van der Waals surface area contributed by atoms with Crippen molar-refractivity contribution >= 4 is 20.8 Å². The average molecular weight is 368 g/mol. The van der Waals surface area contributed by atoms with Gasteiger partial charge in [0.15, 0.2) is 0 Å². The molecule has 0 spiro atoms. The Morgan fingerprint density at radius 2 is 1.05 bits per heavy atom. The van der Waals surface area contributed by atoms with E-state index in [0.29, 0.717) is 0 Å². The van der Waals surface area contributed by atoms with E-state index in [9.17, 15) is 0 Å². The molecule has 0 heterocycles. The topological polar surface area (TPSA) is 3.24 Å². The van der Waals surface area contributed by atoms with Gasteiger partial charge in [0.1, 0.15) is 0 Å². The van der Waals surface area contributed by atoms with Crippen molar-refractivity contribution in [2.24, 2.45) is 0 Å². The minimum absolute atomic E-state index is 1.24. The molecular weight excluding hydrogens is 329 g/mol. The van der Waals surface area contributed by atoms with Crippen LogP contribution in [-0.4, -0.2) is 50.2 Å². The van der Waals surface area contributed by atoms with E-state index in [0.717, 1.165) is 0 Å². The van der Waals surface area contributed by atoms with Gasteiger partial charge in [-0.2, -0.15) is 0 Å². The summed E-state index contributed by atoms with van der Waals surface area (Å²) < 4.78 is 0. The summed E-state index contributed by atoms with van der Waals surface area (Å²) in [5.41, 5.74) is 0. The van der Waals surface area contributed by atoms with E-state index in [2.05, 4.69) is 55.3 Å². The molecule has 0 aromatic carbocycles.